The Balaban J connectivity index is 1.85. The van der Waals surface area contributed by atoms with E-state index in [4.69, 9.17) is 4.74 Å². The molecule has 2 fully saturated rings. The van der Waals surface area contributed by atoms with Gasteiger partial charge in [0, 0.05) is 19.3 Å². The molecule has 15 heavy (non-hydrogen) atoms. The molecule has 1 aliphatic heterocycles. The Morgan fingerprint density at radius 2 is 2.00 bits per heavy atom. The molecule has 0 aromatic heterocycles. The van der Waals surface area contributed by atoms with E-state index in [0.29, 0.717) is 0 Å². The summed E-state index contributed by atoms with van der Waals surface area (Å²) in [5.74, 6) is 2.79. The van der Waals surface area contributed by atoms with Crippen LogP contribution < -0.4 is 5.32 Å². The first-order chi connectivity index (χ1) is 7.33. The highest BCUT2D eigenvalue weighted by molar-refractivity contribution is 4.96. The van der Waals surface area contributed by atoms with Crippen molar-refractivity contribution < 1.29 is 4.74 Å². The van der Waals surface area contributed by atoms with Gasteiger partial charge < -0.3 is 10.1 Å². The lowest BCUT2D eigenvalue weighted by Gasteiger charge is -2.31. The molecule has 1 saturated carbocycles. The Kier molecular flexibility index (Phi) is 4.04. The van der Waals surface area contributed by atoms with Gasteiger partial charge in [-0.2, -0.15) is 0 Å². The molecule has 1 saturated heterocycles. The second kappa shape index (κ2) is 5.31. The van der Waals surface area contributed by atoms with Crippen LogP contribution in [0.4, 0.5) is 0 Å². The number of ether oxygens (including phenoxy) is 1. The molecule has 2 aliphatic rings. The quantitative estimate of drug-likeness (QED) is 0.754. The monoisotopic (exact) mass is 211 g/mol. The molecule has 1 N–H and O–H groups in total. The van der Waals surface area contributed by atoms with E-state index in [0.717, 1.165) is 37.0 Å². The first-order valence-corrected chi connectivity index (χ1v) is 6.64. The standard InChI is InChI=1S/C13H25NO/c1-3-6-14-13(12-9-10(12)2)11-4-7-15-8-5-11/h10-14H,3-9H2,1-2H3. The average Bonchev–Trinajstić information content (AvgIpc) is 2.98. The molecule has 0 amide bonds. The minimum atomic E-state index is 0.781. The minimum absolute atomic E-state index is 0.781. The van der Waals surface area contributed by atoms with Crippen LogP contribution in [0.25, 0.3) is 0 Å². The van der Waals surface area contributed by atoms with E-state index in [1.807, 2.05) is 0 Å². The van der Waals surface area contributed by atoms with Gasteiger partial charge in [-0.25, -0.2) is 0 Å². The smallest absolute Gasteiger partial charge is 0.0469 e. The van der Waals surface area contributed by atoms with Gasteiger partial charge in [-0.15, -0.1) is 0 Å². The third kappa shape index (κ3) is 2.94. The maximum atomic E-state index is 5.45. The molecule has 3 unspecified atom stereocenters. The van der Waals surface area contributed by atoms with Gasteiger partial charge in [0.2, 0.25) is 0 Å². The fraction of sp³-hybridized carbons (Fsp3) is 1.00. The summed E-state index contributed by atoms with van der Waals surface area (Å²) >= 11 is 0. The van der Waals surface area contributed by atoms with Crippen molar-refractivity contribution in [2.24, 2.45) is 17.8 Å². The van der Waals surface area contributed by atoms with Crippen LogP contribution in [0, 0.1) is 17.8 Å². The number of hydrogen-bond acceptors (Lipinski definition) is 2. The maximum absolute atomic E-state index is 5.45. The molecule has 1 heterocycles. The lowest BCUT2D eigenvalue weighted by Crippen LogP contribution is -2.41. The van der Waals surface area contributed by atoms with Crippen molar-refractivity contribution in [3.8, 4) is 0 Å². The van der Waals surface area contributed by atoms with Crippen molar-refractivity contribution in [3.05, 3.63) is 0 Å². The van der Waals surface area contributed by atoms with Gasteiger partial charge in [-0.05, 0) is 50.0 Å². The lowest BCUT2D eigenvalue weighted by atomic mass is 9.88. The Bertz CT molecular complexity index is 189. The Morgan fingerprint density at radius 1 is 1.33 bits per heavy atom. The van der Waals surface area contributed by atoms with Gasteiger partial charge >= 0.3 is 0 Å². The minimum Gasteiger partial charge on any atom is -0.381 e. The summed E-state index contributed by atoms with van der Waals surface area (Å²) in [6, 6.07) is 0.781. The zero-order valence-corrected chi connectivity index (χ0v) is 10.2. The Morgan fingerprint density at radius 3 is 2.53 bits per heavy atom. The highest BCUT2D eigenvalue weighted by Gasteiger charge is 2.42. The fourth-order valence-electron chi connectivity index (χ4n) is 2.90. The molecule has 3 atom stereocenters. The van der Waals surface area contributed by atoms with Crippen LogP contribution in [-0.2, 0) is 4.74 Å². The molecular formula is C13H25NO. The largest absolute Gasteiger partial charge is 0.381 e. The first-order valence-electron chi connectivity index (χ1n) is 6.64. The van der Waals surface area contributed by atoms with Crippen molar-refractivity contribution in [1.29, 1.82) is 0 Å². The van der Waals surface area contributed by atoms with Crippen LogP contribution in [-0.4, -0.2) is 25.8 Å². The molecule has 0 radical (unpaired) electrons. The number of nitrogens with one attached hydrogen (secondary N) is 1. The molecule has 0 aromatic rings. The predicted molar refractivity (Wildman–Crippen MR) is 62.9 cm³/mol. The summed E-state index contributed by atoms with van der Waals surface area (Å²) in [6.07, 6.45) is 5.23. The zero-order chi connectivity index (χ0) is 10.7. The normalized spacial score (nSPS) is 34.0. The predicted octanol–water partition coefficient (Wildman–Crippen LogP) is 2.44. The van der Waals surface area contributed by atoms with Crippen molar-refractivity contribution in [2.45, 2.75) is 45.6 Å². The molecule has 2 nitrogen and oxygen atoms in total. The molecule has 2 rings (SSSR count). The van der Waals surface area contributed by atoms with Gasteiger partial charge in [0.1, 0.15) is 0 Å². The van der Waals surface area contributed by atoms with Gasteiger partial charge in [-0.1, -0.05) is 13.8 Å². The summed E-state index contributed by atoms with van der Waals surface area (Å²) in [6.45, 7) is 7.80. The summed E-state index contributed by atoms with van der Waals surface area (Å²) < 4.78 is 5.45. The molecular weight excluding hydrogens is 186 g/mol. The third-order valence-electron chi connectivity index (χ3n) is 4.04. The first kappa shape index (κ1) is 11.4. The molecule has 0 aromatic carbocycles. The van der Waals surface area contributed by atoms with Crippen molar-refractivity contribution in [1.82, 2.24) is 5.32 Å². The summed E-state index contributed by atoms with van der Waals surface area (Å²) in [7, 11) is 0. The van der Waals surface area contributed by atoms with E-state index in [1.54, 1.807) is 0 Å². The van der Waals surface area contributed by atoms with Crippen LogP contribution in [0.3, 0.4) is 0 Å². The lowest BCUT2D eigenvalue weighted by molar-refractivity contribution is 0.0500. The van der Waals surface area contributed by atoms with E-state index in [1.165, 1.54) is 32.2 Å². The van der Waals surface area contributed by atoms with Crippen LogP contribution in [0.2, 0.25) is 0 Å². The van der Waals surface area contributed by atoms with Crippen LogP contribution in [0.5, 0.6) is 0 Å². The van der Waals surface area contributed by atoms with E-state index < -0.39 is 0 Å². The van der Waals surface area contributed by atoms with E-state index in [2.05, 4.69) is 19.2 Å². The van der Waals surface area contributed by atoms with Gasteiger partial charge in [-0.3, -0.25) is 0 Å². The van der Waals surface area contributed by atoms with Gasteiger partial charge in [0.25, 0.3) is 0 Å². The maximum Gasteiger partial charge on any atom is 0.0469 e. The van der Waals surface area contributed by atoms with Crippen LogP contribution >= 0.6 is 0 Å². The van der Waals surface area contributed by atoms with E-state index in [9.17, 15) is 0 Å². The summed E-state index contributed by atoms with van der Waals surface area (Å²) in [4.78, 5) is 0. The molecule has 1 aliphatic carbocycles. The molecule has 0 spiro atoms. The molecule has 88 valence electrons. The molecule has 0 bridgehead atoms. The highest BCUT2D eigenvalue weighted by atomic mass is 16.5. The van der Waals surface area contributed by atoms with E-state index in [-0.39, 0.29) is 0 Å². The van der Waals surface area contributed by atoms with Crippen molar-refractivity contribution in [2.75, 3.05) is 19.8 Å². The second-order valence-corrected chi connectivity index (χ2v) is 5.31. The SMILES string of the molecule is CCCNC(C1CCOCC1)C1CC1C. The summed E-state index contributed by atoms with van der Waals surface area (Å²) in [5.41, 5.74) is 0. The Hall–Kier alpha value is -0.0800. The third-order valence-corrected chi connectivity index (χ3v) is 4.04. The van der Waals surface area contributed by atoms with Crippen molar-refractivity contribution in [3.63, 3.8) is 0 Å². The topological polar surface area (TPSA) is 21.3 Å². The number of rotatable bonds is 5. The highest BCUT2D eigenvalue weighted by Crippen LogP contribution is 2.44. The summed E-state index contributed by atoms with van der Waals surface area (Å²) in [5, 5.41) is 3.78. The zero-order valence-electron chi connectivity index (χ0n) is 10.2. The molecule has 2 heteroatoms. The van der Waals surface area contributed by atoms with E-state index >= 15 is 0 Å². The average molecular weight is 211 g/mol. The second-order valence-electron chi connectivity index (χ2n) is 5.31. The van der Waals surface area contributed by atoms with Gasteiger partial charge in [0.05, 0.1) is 0 Å². The Labute approximate surface area is 93.8 Å². The van der Waals surface area contributed by atoms with Crippen LogP contribution in [0.1, 0.15) is 39.5 Å². The number of hydrogen-bond donors (Lipinski definition) is 1. The van der Waals surface area contributed by atoms with Crippen molar-refractivity contribution >= 4 is 0 Å². The fourth-order valence-corrected chi connectivity index (χ4v) is 2.90. The van der Waals surface area contributed by atoms with Gasteiger partial charge in [0.15, 0.2) is 0 Å². The van der Waals surface area contributed by atoms with Crippen LogP contribution in [0.15, 0.2) is 0 Å².